The highest BCUT2D eigenvalue weighted by molar-refractivity contribution is 6.39. The van der Waals surface area contributed by atoms with Gasteiger partial charge in [-0.05, 0) is 54.3 Å². The van der Waals surface area contributed by atoms with Crippen LogP contribution in [0, 0.1) is 0 Å². The third-order valence-corrected chi connectivity index (χ3v) is 5.69. The highest BCUT2D eigenvalue weighted by Gasteiger charge is 2.31. The highest BCUT2D eigenvalue weighted by Crippen LogP contribution is 2.38. The zero-order valence-corrected chi connectivity index (χ0v) is 16.7. The predicted octanol–water partition coefficient (Wildman–Crippen LogP) is 1.66. The van der Waals surface area contributed by atoms with E-state index in [1.807, 2.05) is 17.0 Å². The van der Waals surface area contributed by atoms with E-state index in [1.165, 1.54) is 0 Å². The minimum absolute atomic E-state index is 0.144. The summed E-state index contributed by atoms with van der Waals surface area (Å²) >= 11 is 0. The first kappa shape index (κ1) is 19.1. The summed E-state index contributed by atoms with van der Waals surface area (Å²) in [5.74, 6) is -0.714. The molecule has 9 nitrogen and oxygen atoms in total. The van der Waals surface area contributed by atoms with E-state index in [4.69, 9.17) is 4.42 Å². The molecule has 1 atom stereocenters. The van der Waals surface area contributed by atoms with Gasteiger partial charge < -0.3 is 20.0 Å². The van der Waals surface area contributed by atoms with Crippen molar-refractivity contribution in [1.82, 2.24) is 15.1 Å². The Hall–Kier alpha value is -3.88. The Morgan fingerprint density at radius 1 is 1.13 bits per heavy atom. The van der Waals surface area contributed by atoms with Gasteiger partial charge in [0.2, 0.25) is 5.91 Å². The maximum Gasteiger partial charge on any atom is 0.313 e. The molecule has 0 saturated carbocycles. The van der Waals surface area contributed by atoms with Gasteiger partial charge in [0.05, 0.1) is 12.0 Å². The molecule has 0 aliphatic carbocycles. The first-order chi connectivity index (χ1) is 15.1. The fourth-order valence-corrected chi connectivity index (χ4v) is 4.26. The number of carbonyl (C=O) groups excluding carboxylic acids is 3. The molecule has 1 unspecified atom stereocenters. The Labute approximate surface area is 178 Å². The van der Waals surface area contributed by atoms with E-state index in [0.29, 0.717) is 30.8 Å². The first-order valence-electron chi connectivity index (χ1n) is 10.2. The number of benzene rings is 1. The van der Waals surface area contributed by atoms with E-state index in [9.17, 15) is 14.4 Å². The topological polar surface area (TPSA) is 109 Å². The van der Waals surface area contributed by atoms with E-state index >= 15 is 0 Å². The molecule has 3 aromatic rings. The third-order valence-electron chi connectivity index (χ3n) is 5.69. The summed E-state index contributed by atoms with van der Waals surface area (Å²) in [6.07, 6.45) is 6.81. The van der Waals surface area contributed by atoms with Crippen LogP contribution in [0.2, 0.25) is 0 Å². The number of furan rings is 1. The molecule has 9 heteroatoms. The van der Waals surface area contributed by atoms with Crippen molar-refractivity contribution in [2.24, 2.45) is 0 Å². The van der Waals surface area contributed by atoms with Crippen LogP contribution in [0.25, 0.3) is 0 Å². The second-order valence-corrected chi connectivity index (χ2v) is 7.62. The van der Waals surface area contributed by atoms with Crippen molar-refractivity contribution in [2.45, 2.75) is 25.3 Å². The number of aryl methyl sites for hydroxylation is 1. The van der Waals surface area contributed by atoms with Gasteiger partial charge in [0, 0.05) is 37.6 Å². The monoisotopic (exact) mass is 419 g/mol. The fourth-order valence-electron chi connectivity index (χ4n) is 4.26. The summed E-state index contributed by atoms with van der Waals surface area (Å²) in [7, 11) is 0. The Balaban J connectivity index is 1.26. The van der Waals surface area contributed by atoms with E-state index in [2.05, 4.69) is 15.7 Å². The lowest BCUT2D eigenvalue weighted by Gasteiger charge is -2.25. The van der Waals surface area contributed by atoms with Crippen molar-refractivity contribution < 1.29 is 18.8 Å². The molecule has 0 radical (unpaired) electrons. The van der Waals surface area contributed by atoms with Gasteiger partial charge in [0.15, 0.2) is 0 Å². The van der Waals surface area contributed by atoms with E-state index in [0.717, 1.165) is 23.2 Å². The maximum atomic E-state index is 12.5. The number of hydrogen-bond acceptors (Lipinski definition) is 5. The molecule has 3 amide bonds. The van der Waals surface area contributed by atoms with Crippen LogP contribution in [-0.4, -0.2) is 40.6 Å². The molecule has 2 N–H and O–H groups in total. The molecule has 0 spiro atoms. The zero-order valence-electron chi connectivity index (χ0n) is 16.7. The maximum absolute atomic E-state index is 12.5. The molecule has 0 saturated heterocycles. The van der Waals surface area contributed by atoms with Crippen molar-refractivity contribution in [2.75, 3.05) is 23.3 Å². The second-order valence-electron chi connectivity index (χ2n) is 7.62. The number of anilines is 2. The van der Waals surface area contributed by atoms with Gasteiger partial charge in [0.1, 0.15) is 11.8 Å². The van der Waals surface area contributed by atoms with Gasteiger partial charge in [-0.2, -0.15) is 5.10 Å². The van der Waals surface area contributed by atoms with Crippen molar-refractivity contribution >= 4 is 29.1 Å². The second kappa shape index (κ2) is 7.75. The molecule has 5 rings (SSSR count). The van der Waals surface area contributed by atoms with Crippen LogP contribution < -0.4 is 15.5 Å². The molecule has 0 bridgehead atoms. The SMILES string of the molecule is O=C(NCC(c1ccco1)n1cccn1)C(=O)Nc1cc2c3c(c1)CCN3C(=O)CC2. The van der Waals surface area contributed by atoms with Crippen molar-refractivity contribution in [1.29, 1.82) is 0 Å². The van der Waals surface area contributed by atoms with Crippen LogP contribution in [-0.2, 0) is 27.2 Å². The molecular formula is C22H21N5O4. The Kier molecular flexibility index (Phi) is 4.78. The van der Waals surface area contributed by atoms with Crippen LogP contribution >= 0.6 is 0 Å². The number of amides is 3. The average molecular weight is 419 g/mol. The summed E-state index contributed by atoms with van der Waals surface area (Å²) in [4.78, 5) is 38.8. The number of nitrogens with zero attached hydrogens (tertiary/aromatic N) is 3. The van der Waals surface area contributed by atoms with Gasteiger partial charge in [-0.3, -0.25) is 19.1 Å². The Morgan fingerprint density at radius 2 is 1.97 bits per heavy atom. The summed E-state index contributed by atoms with van der Waals surface area (Å²) in [6.45, 7) is 0.814. The highest BCUT2D eigenvalue weighted by atomic mass is 16.3. The minimum Gasteiger partial charge on any atom is -0.467 e. The van der Waals surface area contributed by atoms with Gasteiger partial charge >= 0.3 is 11.8 Å². The summed E-state index contributed by atoms with van der Waals surface area (Å²) in [5.41, 5.74) is 3.60. The van der Waals surface area contributed by atoms with Gasteiger partial charge in [0.25, 0.3) is 0 Å². The molecule has 4 heterocycles. The van der Waals surface area contributed by atoms with Crippen molar-refractivity contribution in [3.8, 4) is 0 Å². The summed E-state index contributed by atoms with van der Waals surface area (Å²) in [6, 6.07) is 8.66. The van der Waals surface area contributed by atoms with Gasteiger partial charge in [-0.15, -0.1) is 0 Å². The van der Waals surface area contributed by atoms with Crippen LogP contribution in [0.4, 0.5) is 11.4 Å². The van der Waals surface area contributed by atoms with Crippen molar-refractivity contribution in [3.05, 3.63) is 65.9 Å². The number of hydrogen-bond donors (Lipinski definition) is 2. The average Bonchev–Trinajstić information content (AvgIpc) is 3.53. The molecule has 0 fully saturated rings. The van der Waals surface area contributed by atoms with Gasteiger partial charge in [-0.25, -0.2) is 0 Å². The number of nitrogens with one attached hydrogen (secondary N) is 2. The molecule has 1 aromatic carbocycles. The van der Waals surface area contributed by atoms with Crippen LogP contribution in [0.15, 0.2) is 53.4 Å². The van der Waals surface area contributed by atoms with E-state index < -0.39 is 11.8 Å². The lowest BCUT2D eigenvalue weighted by atomic mass is 9.98. The van der Waals surface area contributed by atoms with Crippen LogP contribution in [0.3, 0.4) is 0 Å². The Bertz CT molecular complexity index is 1100. The summed E-state index contributed by atoms with van der Waals surface area (Å²) < 4.78 is 7.12. The van der Waals surface area contributed by atoms with Crippen LogP contribution in [0.5, 0.6) is 0 Å². The predicted molar refractivity (Wildman–Crippen MR) is 112 cm³/mol. The number of carbonyl (C=O) groups is 3. The number of rotatable bonds is 5. The van der Waals surface area contributed by atoms with Crippen molar-refractivity contribution in [3.63, 3.8) is 0 Å². The van der Waals surface area contributed by atoms with Crippen LogP contribution in [0.1, 0.15) is 29.3 Å². The fraction of sp³-hybridized carbons (Fsp3) is 0.273. The first-order valence-corrected chi connectivity index (χ1v) is 10.2. The number of aromatic nitrogens is 2. The molecule has 31 heavy (non-hydrogen) atoms. The Morgan fingerprint density at radius 3 is 2.71 bits per heavy atom. The lowest BCUT2D eigenvalue weighted by Crippen LogP contribution is -2.39. The standard InChI is InChI=1S/C22H21N5O4/c28-19-5-4-14-11-16(12-15-6-9-26(19)20(14)15)25-22(30)21(29)23-13-17(18-3-1-10-31-18)27-8-2-7-24-27/h1-3,7-8,10-12,17H,4-6,9,13H2,(H,23,29)(H,25,30). The lowest BCUT2D eigenvalue weighted by molar-refractivity contribution is -0.136. The molecular weight excluding hydrogens is 398 g/mol. The largest absolute Gasteiger partial charge is 0.467 e. The minimum atomic E-state index is -0.743. The third kappa shape index (κ3) is 3.58. The smallest absolute Gasteiger partial charge is 0.313 e. The quantitative estimate of drug-likeness (QED) is 0.612. The van der Waals surface area contributed by atoms with Gasteiger partial charge in [-0.1, -0.05) is 0 Å². The van der Waals surface area contributed by atoms with E-state index in [-0.39, 0.29) is 18.5 Å². The molecule has 2 aliphatic rings. The zero-order chi connectivity index (χ0) is 21.4. The molecule has 158 valence electrons. The molecule has 2 aromatic heterocycles. The summed E-state index contributed by atoms with van der Waals surface area (Å²) in [5, 5.41) is 9.56. The normalized spacial score (nSPS) is 15.5. The molecule has 2 aliphatic heterocycles. The van der Waals surface area contributed by atoms with E-state index in [1.54, 1.807) is 41.5 Å².